The van der Waals surface area contributed by atoms with Gasteiger partial charge in [-0.25, -0.2) is 4.98 Å². The molecule has 0 saturated carbocycles. The zero-order valence-electron chi connectivity index (χ0n) is 13.9. The molecule has 0 amide bonds. The number of aromatic nitrogens is 3. The van der Waals surface area contributed by atoms with Gasteiger partial charge in [-0.3, -0.25) is 4.98 Å². The molecule has 0 fully saturated rings. The zero-order chi connectivity index (χ0) is 15.9. The summed E-state index contributed by atoms with van der Waals surface area (Å²) in [4.78, 5) is 12.5. The van der Waals surface area contributed by atoms with E-state index in [1.807, 2.05) is 12.4 Å². The van der Waals surface area contributed by atoms with Crippen LogP contribution in [0, 0.1) is 0 Å². The van der Waals surface area contributed by atoms with Gasteiger partial charge in [0.15, 0.2) is 0 Å². The number of hydrogen-bond acceptors (Lipinski definition) is 2. The van der Waals surface area contributed by atoms with E-state index in [1.165, 1.54) is 5.56 Å². The summed E-state index contributed by atoms with van der Waals surface area (Å²) in [6.07, 6.45) is 3.81. The zero-order valence-corrected chi connectivity index (χ0v) is 13.9. The summed E-state index contributed by atoms with van der Waals surface area (Å²) in [5.41, 5.74) is 4.60. The molecule has 3 aromatic rings. The lowest BCUT2D eigenvalue weighted by Crippen LogP contribution is -2.10. The summed E-state index contributed by atoms with van der Waals surface area (Å²) in [6, 6.07) is 8.71. The summed E-state index contributed by atoms with van der Waals surface area (Å²) < 4.78 is 0. The highest BCUT2D eigenvalue weighted by atomic mass is 14.9. The first-order valence-corrected chi connectivity index (χ1v) is 7.80. The van der Waals surface area contributed by atoms with Crippen molar-refractivity contribution in [3.8, 4) is 11.3 Å². The maximum Gasteiger partial charge on any atom is 0.109 e. The van der Waals surface area contributed by atoms with Gasteiger partial charge < -0.3 is 4.98 Å². The van der Waals surface area contributed by atoms with Crippen LogP contribution < -0.4 is 0 Å². The molecule has 3 heteroatoms. The lowest BCUT2D eigenvalue weighted by molar-refractivity contribution is 0.591. The molecule has 0 saturated heterocycles. The first kappa shape index (κ1) is 14.8. The predicted octanol–water partition coefficient (Wildman–Crippen LogP) is 5.05. The predicted molar refractivity (Wildman–Crippen MR) is 92.1 cm³/mol. The van der Waals surface area contributed by atoms with Crippen molar-refractivity contribution in [2.45, 2.75) is 46.0 Å². The van der Waals surface area contributed by atoms with Gasteiger partial charge >= 0.3 is 0 Å². The van der Waals surface area contributed by atoms with Crippen LogP contribution in [0.25, 0.3) is 22.2 Å². The Morgan fingerprint density at radius 1 is 1.00 bits per heavy atom. The summed E-state index contributed by atoms with van der Waals surface area (Å²) in [7, 11) is 0. The second kappa shape index (κ2) is 5.24. The molecule has 0 bridgehead atoms. The minimum absolute atomic E-state index is 0.143. The first-order chi connectivity index (χ1) is 10.3. The van der Waals surface area contributed by atoms with Gasteiger partial charge in [0.1, 0.15) is 5.82 Å². The monoisotopic (exact) mass is 293 g/mol. The Bertz CT molecular complexity index is 807. The number of nitrogens with one attached hydrogen (secondary N) is 1. The molecule has 0 aliphatic heterocycles. The molecule has 3 nitrogen and oxygen atoms in total. The van der Waals surface area contributed by atoms with E-state index in [-0.39, 0.29) is 5.41 Å². The number of nitrogens with zero attached hydrogens (tertiary/aromatic N) is 2. The molecule has 1 aromatic carbocycles. The van der Waals surface area contributed by atoms with Crippen molar-refractivity contribution < 1.29 is 0 Å². The van der Waals surface area contributed by atoms with Gasteiger partial charge in [-0.1, -0.05) is 46.8 Å². The molecule has 0 unspecified atom stereocenters. The standard InChI is InChI=1S/C19H23N3/c1-12(2)18-21-11-17(22-18)14-8-13-6-7-15(19(3,4)5)9-16(13)20-10-14/h6-12H,1-5H3,(H,21,22). The van der Waals surface area contributed by atoms with Gasteiger partial charge in [-0.15, -0.1) is 0 Å². The lowest BCUT2D eigenvalue weighted by atomic mass is 9.86. The van der Waals surface area contributed by atoms with E-state index in [4.69, 9.17) is 0 Å². The third-order valence-electron chi connectivity index (χ3n) is 4.00. The van der Waals surface area contributed by atoms with Gasteiger partial charge in [-0.05, 0) is 23.1 Å². The fourth-order valence-electron chi connectivity index (χ4n) is 2.51. The molecule has 2 heterocycles. The lowest BCUT2D eigenvalue weighted by Gasteiger charge is -2.19. The second-order valence-electron chi connectivity index (χ2n) is 7.22. The van der Waals surface area contributed by atoms with Gasteiger partial charge in [0.25, 0.3) is 0 Å². The van der Waals surface area contributed by atoms with Crippen molar-refractivity contribution in [3.05, 3.63) is 48.0 Å². The molecular weight excluding hydrogens is 270 g/mol. The second-order valence-corrected chi connectivity index (χ2v) is 7.22. The molecule has 22 heavy (non-hydrogen) atoms. The average Bonchev–Trinajstić information content (AvgIpc) is 2.95. The maximum atomic E-state index is 4.64. The Morgan fingerprint density at radius 2 is 1.77 bits per heavy atom. The van der Waals surface area contributed by atoms with Crippen molar-refractivity contribution >= 4 is 10.9 Å². The van der Waals surface area contributed by atoms with Gasteiger partial charge in [0, 0.05) is 23.1 Å². The highest BCUT2D eigenvalue weighted by Gasteiger charge is 2.14. The summed E-state index contributed by atoms with van der Waals surface area (Å²) in [5.74, 6) is 1.41. The molecule has 0 spiro atoms. The Morgan fingerprint density at radius 3 is 2.41 bits per heavy atom. The number of aromatic amines is 1. The molecule has 114 valence electrons. The number of H-pyrrole nitrogens is 1. The largest absolute Gasteiger partial charge is 0.342 e. The first-order valence-electron chi connectivity index (χ1n) is 7.80. The fourth-order valence-corrected chi connectivity index (χ4v) is 2.51. The van der Waals surface area contributed by atoms with E-state index in [2.05, 4.69) is 73.8 Å². The van der Waals surface area contributed by atoms with Crippen LogP contribution in [0.15, 0.2) is 36.7 Å². The van der Waals surface area contributed by atoms with Gasteiger partial charge in [0.2, 0.25) is 0 Å². The van der Waals surface area contributed by atoms with E-state index in [9.17, 15) is 0 Å². The van der Waals surface area contributed by atoms with Crippen molar-refractivity contribution in [2.75, 3.05) is 0 Å². The summed E-state index contributed by atoms with van der Waals surface area (Å²) in [5, 5.41) is 1.16. The topological polar surface area (TPSA) is 41.6 Å². The Kier molecular flexibility index (Phi) is 3.51. The molecule has 3 rings (SSSR count). The third kappa shape index (κ3) is 2.76. The van der Waals surface area contributed by atoms with Crippen LogP contribution in [0.5, 0.6) is 0 Å². The number of hydrogen-bond donors (Lipinski definition) is 1. The van der Waals surface area contributed by atoms with E-state index >= 15 is 0 Å². The van der Waals surface area contributed by atoms with Crippen LogP contribution in [-0.2, 0) is 5.41 Å². The van der Waals surface area contributed by atoms with Crippen LogP contribution >= 0.6 is 0 Å². The Labute approximate surface area is 131 Å². The minimum Gasteiger partial charge on any atom is -0.342 e. The number of rotatable bonds is 2. The molecular formula is C19H23N3. The summed E-state index contributed by atoms with van der Waals surface area (Å²) >= 11 is 0. The number of benzene rings is 1. The van der Waals surface area contributed by atoms with Crippen molar-refractivity contribution in [1.82, 2.24) is 15.0 Å². The van der Waals surface area contributed by atoms with E-state index in [0.29, 0.717) is 5.92 Å². The molecule has 0 radical (unpaired) electrons. The van der Waals surface area contributed by atoms with Crippen LogP contribution in [0.2, 0.25) is 0 Å². The molecule has 0 aliphatic carbocycles. The number of pyridine rings is 1. The normalized spacial score (nSPS) is 12.3. The maximum absolute atomic E-state index is 4.64. The molecule has 1 N–H and O–H groups in total. The van der Waals surface area contributed by atoms with Gasteiger partial charge in [0.05, 0.1) is 17.4 Å². The van der Waals surface area contributed by atoms with Crippen LogP contribution in [0.4, 0.5) is 0 Å². The quantitative estimate of drug-likeness (QED) is 0.718. The number of imidazole rings is 1. The Balaban J connectivity index is 2.02. The van der Waals surface area contributed by atoms with Crippen molar-refractivity contribution in [2.24, 2.45) is 0 Å². The van der Waals surface area contributed by atoms with E-state index in [0.717, 1.165) is 28.0 Å². The SMILES string of the molecule is CC(C)c1ncc(-c2cnc3cc(C(C)(C)C)ccc3c2)[nH]1. The minimum atomic E-state index is 0.143. The summed E-state index contributed by atoms with van der Waals surface area (Å²) in [6.45, 7) is 10.9. The van der Waals surface area contributed by atoms with Crippen molar-refractivity contribution in [3.63, 3.8) is 0 Å². The van der Waals surface area contributed by atoms with Crippen LogP contribution in [0.3, 0.4) is 0 Å². The van der Waals surface area contributed by atoms with E-state index in [1.54, 1.807) is 0 Å². The van der Waals surface area contributed by atoms with Crippen molar-refractivity contribution in [1.29, 1.82) is 0 Å². The van der Waals surface area contributed by atoms with Crippen LogP contribution in [0.1, 0.15) is 51.9 Å². The average molecular weight is 293 g/mol. The van der Waals surface area contributed by atoms with Gasteiger partial charge in [-0.2, -0.15) is 0 Å². The third-order valence-corrected chi connectivity index (χ3v) is 4.00. The van der Waals surface area contributed by atoms with Crippen LogP contribution in [-0.4, -0.2) is 15.0 Å². The van der Waals surface area contributed by atoms with E-state index < -0.39 is 0 Å². The molecule has 2 aromatic heterocycles. The highest BCUT2D eigenvalue weighted by Crippen LogP contribution is 2.27. The molecule has 0 atom stereocenters. The number of fused-ring (bicyclic) bond motifs is 1. The fraction of sp³-hybridized carbons (Fsp3) is 0.368. The Hall–Kier alpha value is -2.16. The highest BCUT2D eigenvalue weighted by molar-refractivity contribution is 5.83. The molecule has 0 aliphatic rings. The smallest absolute Gasteiger partial charge is 0.109 e.